The lowest BCUT2D eigenvalue weighted by atomic mass is 9.97. The van der Waals surface area contributed by atoms with Gasteiger partial charge in [0.15, 0.2) is 0 Å². The molecule has 4 rings (SSSR count). The molecule has 1 aromatic heterocycles. The Morgan fingerprint density at radius 1 is 1.14 bits per heavy atom. The minimum absolute atomic E-state index is 0.0280. The molecule has 1 aliphatic rings. The molecule has 1 fully saturated rings. The summed E-state index contributed by atoms with van der Waals surface area (Å²) in [6.07, 6.45) is 0.799. The Kier molecular flexibility index (Phi) is 7.78. The smallest absolute Gasteiger partial charge is 0.322 e. The number of carbonyl (C=O) groups excluding carboxylic acids is 1. The average Bonchev–Trinajstić information content (AvgIpc) is 3.32. The van der Waals surface area contributed by atoms with Crippen molar-refractivity contribution in [3.05, 3.63) is 48.5 Å². The number of nitrogens with zero attached hydrogens (tertiary/aromatic N) is 3. The molecule has 186 valence electrons. The number of nitrogens with one attached hydrogen (secondary N) is 1. The maximum absolute atomic E-state index is 12.9. The summed E-state index contributed by atoms with van der Waals surface area (Å²) in [7, 11) is -2.10. The number of methoxy groups -OCH3 is 1. The molecule has 1 saturated heterocycles. The van der Waals surface area contributed by atoms with Crippen molar-refractivity contribution < 1.29 is 22.4 Å². The largest absolute Gasteiger partial charge is 0.497 e. The highest BCUT2D eigenvalue weighted by molar-refractivity contribution is 7.99. The van der Waals surface area contributed by atoms with Crippen LogP contribution in [-0.2, 0) is 14.8 Å². The highest BCUT2D eigenvalue weighted by Crippen LogP contribution is 2.29. The van der Waals surface area contributed by atoms with E-state index in [0.29, 0.717) is 29.7 Å². The Morgan fingerprint density at radius 2 is 1.86 bits per heavy atom. The molecule has 0 aliphatic carbocycles. The fourth-order valence-corrected chi connectivity index (χ4v) is 6.19. The van der Waals surface area contributed by atoms with Gasteiger partial charge in [-0.05, 0) is 55.3 Å². The van der Waals surface area contributed by atoms with Gasteiger partial charge in [-0.1, -0.05) is 25.0 Å². The van der Waals surface area contributed by atoms with E-state index in [9.17, 15) is 13.2 Å². The molecule has 0 unspecified atom stereocenters. The summed E-state index contributed by atoms with van der Waals surface area (Å²) in [5, 5.41) is 11.1. The molecule has 11 heteroatoms. The molecule has 0 spiro atoms. The maximum Gasteiger partial charge on any atom is 0.322 e. The van der Waals surface area contributed by atoms with Crippen molar-refractivity contribution in [1.29, 1.82) is 0 Å². The van der Waals surface area contributed by atoms with Crippen LogP contribution >= 0.6 is 11.8 Å². The number of rotatable bonds is 8. The molecule has 2 aromatic carbocycles. The van der Waals surface area contributed by atoms with Crippen molar-refractivity contribution in [2.24, 2.45) is 5.92 Å². The van der Waals surface area contributed by atoms with E-state index < -0.39 is 10.0 Å². The van der Waals surface area contributed by atoms with Crippen LogP contribution in [0.25, 0.3) is 11.5 Å². The number of hydrogen-bond acceptors (Lipinski definition) is 8. The van der Waals surface area contributed by atoms with Gasteiger partial charge in [-0.3, -0.25) is 10.1 Å². The minimum atomic E-state index is -3.63. The van der Waals surface area contributed by atoms with E-state index in [1.54, 1.807) is 23.9 Å². The van der Waals surface area contributed by atoms with Crippen molar-refractivity contribution in [1.82, 2.24) is 14.5 Å². The number of piperidine rings is 1. The van der Waals surface area contributed by atoms with Crippen molar-refractivity contribution in [2.45, 2.75) is 41.7 Å². The van der Waals surface area contributed by atoms with Gasteiger partial charge in [0.05, 0.1) is 12.0 Å². The number of hydrogen-bond donors (Lipinski definition) is 1. The van der Waals surface area contributed by atoms with Gasteiger partial charge < -0.3 is 9.15 Å². The Hall–Kier alpha value is -2.89. The number of aromatic nitrogens is 2. The summed E-state index contributed by atoms with van der Waals surface area (Å²) >= 11 is 1.73. The summed E-state index contributed by atoms with van der Waals surface area (Å²) in [5.74, 6) is 0.307. The predicted octanol–water partition coefficient (Wildman–Crippen LogP) is 4.29. The summed E-state index contributed by atoms with van der Waals surface area (Å²) in [6, 6.07) is 14.1. The van der Waals surface area contributed by atoms with Gasteiger partial charge in [0.1, 0.15) is 5.75 Å². The molecule has 0 saturated carbocycles. The fraction of sp³-hybridized carbons (Fsp3) is 0.375. The van der Waals surface area contributed by atoms with E-state index in [4.69, 9.17) is 9.15 Å². The first-order chi connectivity index (χ1) is 16.8. The molecule has 0 radical (unpaired) electrons. The third-order valence-electron chi connectivity index (χ3n) is 5.63. The lowest BCUT2D eigenvalue weighted by Gasteiger charge is -2.30. The molecular weight excluding hydrogens is 488 g/mol. The van der Waals surface area contributed by atoms with Crippen LogP contribution in [-0.4, -0.2) is 54.3 Å². The van der Waals surface area contributed by atoms with E-state index in [1.165, 1.54) is 23.5 Å². The van der Waals surface area contributed by atoms with Crippen LogP contribution < -0.4 is 10.1 Å². The van der Waals surface area contributed by atoms with Crippen molar-refractivity contribution >= 4 is 33.7 Å². The van der Waals surface area contributed by atoms with Crippen LogP contribution in [0, 0.1) is 5.92 Å². The first kappa shape index (κ1) is 25.2. The van der Waals surface area contributed by atoms with E-state index in [0.717, 1.165) is 10.5 Å². The summed E-state index contributed by atoms with van der Waals surface area (Å²) in [4.78, 5) is 14.1. The average molecular weight is 517 g/mol. The molecule has 2 heterocycles. The van der Waals surface area contributed by atoms with E-state index in [1.807, 2.05) is 24.3 Å². The Labute approximate surface area is 209 Å². The van der Waals surface area contributed by atoms with Gasteiger partial charge in [-0.2, -0.15) is 4.31 Å². The lowest BCUT2D eigenvalue weighted by molar-refractivity contribution is -0.121. The van der Waals surface area contributed by atoms with Crippen LogP contribution in [0.3, 0.4) is 0 Å². The Morgan fingerprint density at radius 3 is 2.51 bits per heavy atom. The molecule has 35 heavy (non-hydrogen) atoms. The number of anilines is 1. The van der Waals surface area contributed by atoms with Gasteiger partial charge in [0, 0.05) is 34.7 Å². The zero-order valence-corrected chi connectivity index (χ0v) is 21.4. The number of ether oxygens (including phenoxy) is 1. The number of amides is 1. The molecule has 1 aliphatic heterocycles. The standard InChI is InChI=1S/C24H28N4O5S2/c1-16(2)34-20-6-4-5-18(15-20)23-26-27-24(33-23)25-22(29)17-11-13-28(14-12-17)35(30,31)21-9-7-19(32-3)8-10-21/h4-10,15-17H,11-14H2,1-3H3,(H,25,27,29). The van der Waals surface area contributed by atoms with Gasteiger partial charge in [0.2, 0.25) is 21.8 Å². The number of sulfonamides is 1. The molecular formula is C24H28N4O5S2. The molecule has 0 bridgehead atoms. The Balaban J connectivity index is 1.34. The number of carbonyl (C=O) groups is 1. The first-order valence-corrected chi connectivity index (χ1v) is 13.6. The quantitative estimate of drug-likeness (QED) is 0.441. The molecule has 1 amide bonds. The molecule has 1 N–H and O–H groups in total. The Bertz CT molecular complexity index is 1270. The third-order valence-corrected chi connectivity index (χ3v) is 8.54. The number of benzene rings is 2. The molecule has 9 nitrogen and oxygen atoms in total. The topological polar surface area (TPSA) is 115 Å². The van der Waals surface area contributed by atoms with Crippen LogP contribution in [0.15, 0.2) is 62.7 Å². The SMILES string of the molecule is COc1ccc(S(=O)(=O)N2CCC(C(=O)Nc3nnc(-c4cccc(SC(C)C)c4)o3)CC2)cc1. The van der Waals surface area contributed by atoms with Crippen molar-refractivity contribution in [3.63, 3.8) is 0 Å². The van der Waals surface area contributed by atoms with E-state index in [2.05, 4.69) is 29.4 Å². The molecule has 3 aromatic rings. The lowest BCUT2D eigenvalue weighted by Crippen LogP contribution is -2.41. The summed E-state index contributed by atoms with van der Waals surface area (Å²) in [6.45, 7) is 4.75. The minimum Gasteiger partial charge on any atom is -0.497 e. The highest BCUT2D eigenvalue weighted by atomic mass is 32.2. The second-order valence-electron chi connectivity index (χ2n) is 8.45. The van der Waals surface area contributed by atoms with Crippen LogP contribution in [0.2, 0.25) is 0 Å². The predicted molar refractivity (Wildman–Crippen MR) is 134 cm³/mol. The van der Waals surface area contributed by atoms with E-state index >= 15 is 0 Å². The van der Waals surface area contributed by atoms with E-state index in [-0.39, 0.29) is 35.8 Å². The summed E-state index contributed by atoms with van der Waals surface area (Å²) in [5.41, 5.74) is 0.778. The van der Waals surface area contributed by atoms with Crippen LogP contribution in [0.1, 0.15) is 26.7 Å². The van der Waals surface area contributed by atoms with Crippen LogP contribution in [0.5, 0.6) is 5.75 Å². The number of thioether (sulfide) groups is 1. The van der Waals surface area contributed by atoms with Gasteiger partial charge in [-0.15, -0.1) is 16.9 Å². The zero-order valence-electron chi connectivity index (χ0n) is 19.8. The van der Waals surface area contributed by atoms with Gasteiger partial charge in [0.25, 0.3) is 0 Å². The first-order valence-electron chi connectivity index (χ1n) is 11.3. The van der Waals surface area contributed by atoms with Crippen molar-refractivity contribution in [2.75, 3.05) is 25.5 Å². The molecule has 0 atom stereocenters. The second-order valence-corrected chi connectivity index (χ2v) is 12.0. The monoisotopic (exact) mass is 516 g/mol. The zero-order chi connectivity index (χ0) is 25.0. The third kappa shape index (κ3) is 6.03. The summed E-state index contributed by atoms with van der Waals surface area (Å²) < 4.78 is 38.0. The maximum atomic E-state index is 12.9. The second kappa shape index (κ2) is 10.8. The van der Waals surface area contributed by atoms with Crippen molar-refractivity contribution in [3.8, 4) is 17.2 Å². The normalized spacial score (nSPS) is 15.3. The van der Waals surface area contributed by atoms with Gasteiger partial charge >= 0.3 is 6.01 Å². The van der Waals surface area contributed by atoms with Crippen LogP contribution in [0.4, 0.5) is 6.01 Å². The van der Waals surface area contributed by atoms with Gasteiger partial charge in [-0.25, -0.2) is 8.42 Å². The highest BCUT2D eigenvalue weighted by Gasteiger charge is 2.32. The fourth-order valence-electron chi connectivity index (χ4n) is 3.83.